The Morgan fingerprint density at radius 2 is 1.70 bits per heavy atom. The maximum Gasteiger partial charge on any atom is 0.436 e. The van der Waals surface area contributed by atoms with Crippen molar-refractivity contribution < 1.29 is 37.0 Å². The second-order valence-electron chi connectivity index (χ2n) is 6.77. The van der Waals surface area contributed by atoms with Gasteiger partial charge in [0.2, 0.25) is 0 Å². The average Bonchev–Trinajstić information content (AvgIpc) is 2.77. The van der Waals surface area contributed by atoms with Crippen LogP contribution in [0, 0.1) is 0 Å². The van der Waals surface area contributed by atoms with Gasteiger partial charge in [-0.2, -0.15) is 13.2 Å². The number of methoxy groups -OCH3 is 2. The quantitative estimate of drug-likeness (QED) is 0.391. The van der Waals surface area contributed by atoms with Gasteiger partial charge in [-0.05, 0) is 43.2 Å². The Bertz CT molecular complexity index is 987. The maximum atomic E-state index is 14.2. The van der Waals surface area contributed by atoms with Gasteiger partial charge in [0.1, 0.15) is 0 Å². The van der Waals surface area contributed by atoms with E-state index in [2.05, 4.69) is 10.1 Å². The summed E-state index contributed by atoms with van der Waals surface area (Å²) in [7, 11) is 2.89. The molecule has 180 valence electrons. The van der Waals surface area contributed by atoms with Gasteiger partial charge >= 0.3 is 12.1 Å². The molecule has 0 heterocycles. The van der Waals surface area contributed by atoms with Crippen LogP contribution in [0.4, 0.5) is 13.2 Å². The van der Waals surface area contributed by atoms with E-state index in [1.807, 2.05) is 0 Å². The summed E-state index contributed by atoms with van der Waals surface area (Å²) in [4.78, 5) is 25.2. The number of hydrogen-bond donors (Lipinski definition) is 2. The third kappa shape index (κ3) is 6.08. The standard InChI is InChI=1S/C22H24ClF3N2O5/c1-4-33-20(30)21(22(24,25)26,28-19(29)15-7-5-6-8-16(15)23)27-12-11-14-9-10-17(31-2)18(13-14)32-3/h5-10,13,27H,4,11-12H2,1-3H3,(H,28,29). The molecule has 2 rings (SSSR count). The Labute approximate surface area is 194 Å². The third-order valence-electron chi connectivity index (χ3n) is 4.68. The van der Waals surface area contributed by atoms with Gasteiger partial charge in [-0.25, -0.2) is 4.79 Å². The summed E-state index contributed by atoms with van der Waals surface area (Å²) in [5.74, 6) is -2.03. The van der Waals surface area contributed by atoms with Crippen LogP contribution >= 0.6 is 11.6 Å². The number of alkyl halides is 3. The lowest BCUT2D eigenvalue weighted by Gasteiger charge is -2.35. The molecule has 0 saturated heterocycles. The Hall–Kier alpha value is -2.98. The number of amides is 1. The van der Waals surface area contributed by atoms with Crippen LogP contribution < -0.4 is 20.1 Å². The molecule has 0 aliphatic heterocycles. The van der Waals surface area contributed by atoms with Gasteiger partial charge in [0.05, 0.1) is 31.4 Å². The molecule has 2 aromatic carbocycles. The van der Waals surface area contributed by atoms with Gasteiger partial charge in [0, 0.05) is 6.54 Å². The number of carbonyl (C=O) groups is 2. The van der Waals surface area contributed by atoms with Gasteiger partial charge in [-0.15, -0.1) is 0 Å². The molecule has 11 heteroatoms. The van der Waals surface area contributed by atoms with Crippen LogP contribution in [0.3, 0.4) is 0 Å². The largest absolute Gasteiger partial charge is 0.493 e. The molecule has 0 saturated carbocycles. The van der Waals surface area contributed by atoms with E-state index < -0.39 is 23.7 Å². The highest BCUT2D eigenvalue weighted by Gasteiger charge is 2.63. The van der Waals surface area contributed by atoms with Crippen LogP contribution in [-0.2, 0) is 16.0 Å². The van der Waals surface area contributed by atoms with Crippen LogP contribution in [0.15, 0.2) is 42.5 Å². The number of rotatable bonds is 10. The minimum absolute atomic E-state index is 0.0690. The topological polar surface area (TPSA) is 85.9 Å². The number of carbonyl (C=O) groups excluding carboxylic acids is 2. The van der Waals surface area contributed by atoms with Crippen LogP contribution in [0.25, 0.3) is 0 Å². The predicted molar refractivity (Wildman–Crippen MR) is 116 cm³/mol. The molecule has 0 aromatic heterocycles. The van der Waals surface area contributed by atoms with Crippen molar-refractivity contribution in [2.75, 3.05) is 27.4 Å². The average molecular weight is 489 g/mol. The highest BCUT2D eigenvalue weighted by Crippen LogP contribution is 2.31. The first-order chi connectivity index (χ1) is 15.6. The molecule has 1 atom stereocenters. The summed E-state index contributed by atoms with van der Waals surface area (Å²) in [6.07, 6.45) is -5.16. The first-order valence-electron chi connectivity index (χ1n) is 9.86. The van der Waals surface area contributed by atoms with Crippen LogP contribution in [0.2, 0.25) is 5.02 Å². The highest BCUT2D eigenvalue weighted by atomic mass is 35.5. The lowest BCUT2D eigenvalue weighted by molar-refractivity contribution is -0.218. The fourth-order valence-corrected chi connectivity index (χ4v) is 3.23. The van der Waals surface area contributed by atoms with Crippen molar-refractivity contribution in [3.63, 3.8) is 0 Å². The van der Waals surface area contributed by atoms with E-state index in [0.29, 0.717) is 17.1 Å². The van der Waals surface area contributed by atoms with Gasteiger partial charge in [0.15, 0.2) is 11.5 Å². The minimum atomic E-state index is -5.23. The molecule has 0 spiro atoms. The molecule has 0 radical (unpaired) electrons. The normalized spacial score (nSPS) is 13.1. The van der Waals surface area contributed by atoms with E-state index in [0.717, 1.165) is 0 Å². The summed E-state index contributed by atoms with van der Waals surface area (Å²) < 4.78 is 57.7. The molecule has 33 heavy (non-hydrogen) atoms. The van der Waals surface area contributed by atoms with Crippen LogP contribution in [0.5, 0.6) is 11.5 Å². The second-order valence-corrected chi connectivity index (χ2v) is 7.18. The Morgan fingerprint density at radius 1 is 1.03 bits per heavy atom. The molecule has 1 unspecified atom stereocenters. The summed E-state index contributed by atoms with van der Waals surface area (Å²) in [6.45, 7) is 0.700. The summed E-state index contributed by atoms with van der Waals surface area (Å²) in [5, 5.41) is 3.84. The molecule has 2 aromatic rings. The number of hydrogen-bond acceptors (Lipinski definition) is 6. The molecule has 0 fully saturated rings. The fourth-order valence-electron chi connectivity index (χ4n) is 3.01. The zero-order chi connectivity index (χ0) is 24.6. The predicted octanol–water partition coefficient (Wildman–Crippen LogP) is 3.74. The zero-order valence-corrected chi connectivity index (χ0v) is 19.0. The van der Waals surface area contributed by atoms with Gasteiger partial charge in [-0.1, -0.05) is 29.8 Å². The molecule has 0 bridgehead atoms. The zero-order valence-electron chi connectivity index (χ0n) is 18.2. The van der Waals surface area contributed by atoms with Crippen molar-refractivity contribution in [3.8, 4) is 11.5 Å². The first kappa shape index (κ1) is 26.3. The Morgan fingerprint density at radius 3 is 2.27 bits per heavy atom. The maximum absolute atomic E-state index is 14.2. The number of nitrogens with one attached hydrogen (secondary N) is 2. The van der Waals surface area contributed by atoms with Crippen LogP contribution in [0.1, 0.15) is 22.8 Å². The molecule has 0 aliphatic rings. The van der Waals surface area contributed by atoms with Crippen LogP contribution in [-0.4, -0.2) is 51.1 Å². The van der Waals surface area contributed by atoms with Crippen molar-refractivity contribution in [3.05, 3.63) is 58.6 Å². The van der Waals surface area contributed by atoms with Gasteiger partial charge in [0.25, 0.3) is 11.6 Å². The molecule has 2 N–H and O–H groups in total. The molecular weight excluding hydrogens is 465 g/mol. The van der Waals surface area contributed by atoms with Crippen molar-refractivity contribution in [1.29, 1.82) is 0 Å². The van der Waals surface area contributed by atoms with E-state index in [4.69, 9.17) is 21.1 Å². The minimum Gasteiger partial charge on any atom is -0.493 e. The second kappa shape index (κ2) is 11.2. The number of halogens is 4. The monoisotopic (exact) mass is 488 g/mol. The Balaban J connectivity index is 2.33. The number of benzene rings is 2. The molecule has 7 nitrogen and oxygen atoms in total. The van der Waals surface area contributed by atoms with E-state index >= 15 is 0 Å². The summed E-state index contributed by atoms with van der Waals surface area (Å²) in [6, 6.07) is 10.4. The third-order valence-corrected chi connectivity index (χ3v) is 5.01. The van der Waals surface area contributed by atoms with Crippen molar-refractivity contribution in [1.82, 2.24) is 10.6 Å². The number of esters is 1. The van der Waals surface area contributed by atoms with Crippen molar-refractivity contribution in [2.24, 2.45) is 0 Å². The first-order valence-corrected chi connectivity index (χ1v) is 10.2. The van der Waals surface area contributed by atoms with E-state index in [9.17, 15) is 22.8 Å². The fraction of sp³-hybridized carbons (Fsp3) is 0.364. The number of ether oxygens (including phenoxy) is 3. The van der Waals surface area contributed by atoms with Crippen molar-refractivity contribution >= 4 is 23.5 Å². The lowest BCUT2D eigenvalue weighted by atomic mass is 10.1. The summed E-state index contributed by atoms with van der Waals surface area (Å²) >= 11 is 5.94. The smallest absolute Gasteiger partial charge is 0.436 e. The van der Waals surface area contributed by atoms with Gasteiger partial charge in [-0.3, -0.25) is 10.1 Å². The van der Waals surface area contributed by atoms with Gasteiger partial charge < -0.3 is 19.5 Å². The molecule has 1 amide bonds. The lowest BCUT2D eigenvalue weighted by Crippen LogP contribution is -2.73. The van der Waals surface area contributed by atoms with E-state index in [-0.39, 0.29) is 30.2 Å². The molecular formula is C22H24ClF3N2O5. The SMILES string of the molecule is CCOC(=O)C(NCCc1ccc(OC)c(OC)c1)(NC(=O)c1ccccc1Cl)C(F)(F)F. The van der Waals surface area contributed by atoms with E-state index in [1.165, 1.54) is 45.4 Å². The van der Waals surface area contributed by atoms with E-state index in [1.54, 1.807) is 23.5 Å². The highest BCUT2D eigenvalue weighted by molar-refractivity contribution is 6.33. The summed E-state index contributed by atoms with van der Waals surface area (Å²) in [5.41, 5.74) is -3.10. The Kier molecular flexibility index (Phi) is 8.95. The molecule has 0 aliphatic carbocycles. The van der Waals surface area contributed by atoms with Crippen molar-refractivity contribution in [2.45, 2.75) is 25.2 Å².